The number of hydrogen-bond donors (Lipinski definition) is 1. The number of nitrogens with two attached hydrogens (primary N) is 1. The average molecular weight is 369 g/mol. The molecular weight excluding hydrogens is 336 g/mol. The number of primary amides is 1. The maximum atomic E-state index is 12.4. The Kier molecular flexibility index (Phi) is 6.25. The molecule has 2 aromatic rings. The van der Waals surface area contributed by atoms with Crippen LogP contribution in [-0.4, -0.2) is 17.6 Å². The van der Waals surface area contributed by atoms with Crippen molar-refractivity contribution in [3.63, 3.8) is 0 Å². The van der Waals surface area contributed by atoms with E-state index in [1.807, 2.05) is 24.3 Å². The van der Waals surface area contributed by atoms with Crippen LogP contribution in [0.25, 0.3) is 11.1 Å². The molecule has 3 rings (SSSR count). The topological polar surface area (TPSA) is 57.2 Å². The van der Waals surface area contributed by atoms with Crippen LogP contribution in [0.15, 0.2) is 24.3 Å². The SMILES string of the molecule is CCCc1c(-c2ccc(OC)cc2)c(C(N)=O)c(C)n1CC1CCCCC1. The molecule has 0 bridgehead atoms. The third kappa shape index (κ3) is 4.05. The number of carbonyl (C=O) groups is 1. The van der Waals surface area contributed by atoms with Crippen LogP contribution in [0.5, 0.6) is 5.75 Å². The van der Waals surface area contributed by atoms with Gasteiger partial charge in [0.1, 0.15) is 5.75 Å². The molecule has 1 aliphatic carbocycles. The zero-order valence-electron chi connectivity index (χ0n) is 16.9. The average Bonchev–Trinajstić information content (AvgIpc) is 2.95. The Morgan fingerprint density at radius 2 is 1.85 bits per heavy atom. The van der Waals surface area contributed by atoms with Crippen molar-refractivity contribution in [2.75, 3.05) is 7.11 Å². The number of hydrogen-bond acceptors (Lipinski definition) is 2. The van der Waals surface area contributed by atoms with Crippen molar-refractivity contribution in [2.45, 2.75) is 65.3 Å². The lowest BCUT2D eigenvalue weighted by atomic mass is 9.89. The monoisotopic (exact) mass is 368 g/mol. The molecule has 1 amide bonds. The molecule has 0 unspecified atom stereocenters. The second kappa shape index (κ2) is 8.64. The standard InChI is InChI=1S/C23H32N2O2/c1-4-8-20-22(18-11-13-19(27-3)14-12-18)21(23(24)26)16(2)25(20)15-17-9-6-5-7-10-17/h11-14,17H,4-10,15H2,1-3H3,(H2,24,26). The van der Waals surface area contributed by atoms with E-state index in [1.54, 1.807) is 7.11 Å². The predicted octanol–water partition coefficient (Wildman–Crippen LogP) is 5.10. The molecule has 0 radical (unpaired) electrons. The highest BCUT2D eigenvalue weighted by Gasteiger charge is 2.26. The number of carbonyl (C=O) groups excluding carboxylic acids is 1. The van der Waals surface area contributed by atoms with Gasteiger partial charge < -0.3 is 15.0 Å². The lowest BCUT2D eigenvalue weighted by molar-refractivity contribution is 0.1000. The van der Waals surface area contributed by atoms with Crippen molar-refractivity contribution in [3.05, 3.63) is 41.2 Å². The molecule has 1 aromatic heterocycles. The molecule has 4 heteroatoms. The zero-order chi connectivity index (χ0) is 19.4. The summed E-state index contributed by atoms with van der Waals surface area (Å²) < 4.78 is 7.68. The van der Waals surface area contributed by atoms with Gasteiger partial charge in [0.05, 0.1) is 12.7 Å². The van der Waals surface area contributed by atoms with E-state index < -0.39 is 0 Å². The van der Waals surface area contributed by atoms with Gasteiger partial charge in [0.15, 0.2) is 0 Å². The van der Waals surface area contributed by atoms with Gasteiger partial charge in [-0.1, -0.05) is 44.7 Å². The summed E-state index contributed by atoms with van der Waals surface area (Å²) in [4.78, 5) is 12.4. The van der Waals surface area contributed by atoms with Gasteiger partial charge in [0.25, 0.3) is 5.91 Å². The number of aromatic nitrogens is 1. The number of ether oxygens (including phenoxy) is 1. The van der Waals surface area contributed by atoms with Crippen molar-refractivity contribution in [3.8, 4) is 16.9 Å². The van der Waals surface area contributed by atoms with Gasteiger partial charge in [-0.25, -0.2) is 0 Å². The smallest absolute Gasteiger partial charge is 0.251 e. The van der Waals surface area contributed by atoms with Crippen LogP contribution in [0.1, 0.15) is 67.2 Å². The fourth-order valence-corrected chi connectivity index (χ4v) is 4.54. The number of benzene rings is 1. The molecule has 0 aliphatic heterocycles. The van der Waals surface area contributed by atoms with Gasteiger partial charge in [-0.3, -0.25) is 4.79 Å². The second-order valence-electron chi connectivity index (χ2n) is 7.74. The Morgan fingerprint density at radius 1 is 1.19 bits per heavy atom. The first-order chi connectivity index (χ1) is 13.1. The van der Waals surface area contributed by atoms with Gasteiger partial charge in [-0.15, -0.1) is 0 Å². The Labute approximate surface area is 162 Å². The highest BCUT2D eigenvalue weighted by molar-refractivity contribution is 6.02. The molecule has 4 nitrogen and oxygen atoms in total. The normalized spacial score (nSPS) is 15.1. The summed E-state index contributed by atoms with van der Waals surface area (Å²) in [6.07, 6.45) is 8.55. The highest BCUT2D eigenvalue weighted by atomic mass is 16.5. The maximum Gasteiger partial charge on any atom is 0.251 e. The van der Waals surface area contributed by atoms with E-state index in [-0.39, 0.29) is 5.91 Å². The fourth-order valence-electron chi connectivity index (χ4n) is 4.54. The minimum Gasteiger partial charge on any atom is -0.497 e. The summed E-state index contributed by atoms with van der Waals surface area (Å²) in [6.45, 7) is 5.24. The molecule has 146 valence electrons. The largest absolute Gasteiger partial charge is 0.497 e. The lowest BCUT2D eigenvalue weighted by Crippen LogP contribution is -2.18. The first-order valence-corrected chi connectivity index (χ1v) is 10.2. The fraction of sp³-hybridized carbons (Fsp3) is 0.522. The van der Waals surface area contributed by atoms with Gasteiger partial charge >= 0.3 is 0 Å². The molecule has 27 heavy (non-hydrogen) atoms. The minimum atomic E-state index is -0.335. The van der Waals surface area contributed by atoms with Crippen LogP contribution in [0.2, 0.25) is 0 Å². The molecule has 1 aliphatic rings. The van der Waals surface area contributed by atoms with Gasteiger partial charge in [0.2, 0.25) is 0 Å². The minimum absolute atomic E-state index is 0.335. The summed E-state index contributed by atoms with van der Waals surface area (Å²) in [5, 5.41) is 0. The van der Waals surface area contributed by atoms with Crippen LogP contribution < -0.4 is 10.5 Å². The number of nitrogens with zero attached hydrogens (tertiary/aromatic N) is 1. The van der Waals surface area contributed by atoms with Gasteiger partial charge in [0, 0.05) is 23.5 Å². The first kappa shape index (κ1) is 19.5. The first-order valence-electron chi connectivity index (χ1n) is 10.2. The highest BCUT2D eigenvalue weighted by Crippen LogP contribution is 2.36. The van der Waals surface area contributed by atoms with E-state index in [1.165, 1.54) is 37.8 Å². The van der Waals surface area contributed by atoms with Gasteiger partial charge in [-0.2, -0.15) is 0 Å². The maximum absolute atomic E-state index is 12.4. The summed E-state index contributed by atoms with van der Waals surface area (Å²) in [5.74, 6) is 1.18. The third-order valence-electron chi connectivity index (χ3n) is 5.91. The van der Waals surface area contributed by atoms with Crippen LogP contribution in [0, 0.1) is 12.8 Å². The van der Waals surface area contributed by atoms with Gasteiger partial charge in [-0.05, 0) is 49.8 Å². The van der Waals surface area contributed by atoms with Crippen LogP contribution in [-0.2, 0) is 13.0 Å². The number of amides is 1. The van der Waals surface area contributed by atoms with Crippen molar-refractivity contribution in [2.24, 2.45) is 11.7 Å². The Bertz CT molecular complexity index is 784. The molecule has 1 saturated carbocycles. The van der Waals surface area contributed by atoms with Crippen molar-refractivity contribution in [1.29, 1.82) is 0 Å². The molecule has 0 spiro atoms. The van der Waals surface area contributed by atoms with Crippen molar-refractivity contribution < 1.29 is 9.53 Å². The molecule has 2 N–H and O–H groups in total. The summed E-state index contributed by atoms with van der Waals surface area (Å²) in [5.41, 5.74) is 10.8. The lowest BCUT2D eigenvalue weighted by Gasteiger charge is -2.24. The number of rotatable bonds is 7. The zero-order valence-corrected chi connectivity index (χ0v) is 16.9. The second-order valence-corrected chi connectivity index (χ2v) is 7.74. The van der Waals surface area contributed by atoms with E-state index in [2.05, 4.69) is 18.4 Å². The number of methoxy groups -OCH3 is 1. The van der Waals surface area contributed by atoms with E-state index in [0.29, 0.717) is 11.5 Å². The molecule has 0 saturated heterocycles. The van der Waals surface area contributed by atoms with Crippen LogP contribution in [0.4, 0.5) is 0 Å². The predicted molar refractivity (Wildman–Crippen MR) is 110 cm³/mol. The van der Waals surface area contributed by atoms with E-state index in [4.69, 9.17) is 10.5 Å². The van der Waals surface area contributed by atoms with Crippen molar-refractivity contribution >= 4 is 5.91 Å². The third-order valence-corrected chi connectivity index (χ3v) is 5.91. The Morgan fingerprint density at radius 3 is 2.41 bits per heavy atom. The summed E-state index contributed by atoms with van der Waals surface area (Å²) in [6, 6.07) is 7.96. The Hall–Kier alpha value is -2.23. The molecule has 1 heterocycles. The molecule has 1 aromatic carbocycles. The Balaban J connectivity index is 2.11. The molecular formula is C23H32N2O2. The summed E-state index contributed by atoms with van der Waals surface area (Å²) in [7, 11) is 1.66. The van der Waals surface area contributed by atoms with Crippen molar-refractivity contribution in [1.82, 2.24) is 4.57 Å². The van der Waals surface area contributed by atoms with E-state index in [9.17, 15) is 4.79 Å². The van der Waals surface area contributed by atoms with Crippen LogP contribution in [0.3, 0.4) is 0 Å². The van der Waals surface area contributed by atoms with E-state index >= 15 is 0 Å². The molecule has 0 atom stereocenters. The summed E-state index contributed by atoms with van der Waals surface area (Å²) >= 11 is 0. The van der Waals surface area contributed by atoms with E-state index in [0.717, 1.165) is 42.0 Å². The quantitative estimate of drug-likeness (QED) is 0.739. The van der Waals surface area contributed by atoms with Crippen LogP contribution >= 0.6 is 0 Å². The molecule has 1 fully saturated rings.